The second kappa shape index (κ2) is 6.45. The van der Waals surface area contributed by atoms with Crippen LogP contribution in [0.5, 0.6) is 5.75 Å². The molecule has 2 N–H and O–H groups in total. The van der Waals surface area contributed by atoms with Crippen molar-refractivity contribution in [2.45, 2.75) is 13.3 Å². The number of nitrogens with zero attached hydrogens (tertiary/aromatic N) is 1. The monoisotopic (exact) mass is 276 g/mol. The van der Waals surface area contributed by atoms with Gasteiger partial charge in [0.1, 0.15) is 11.4 Å². The zero-order chi connectivity index (χ0) is 13.7. The molecule has 2 rings (SSSR count). The zero-order valence-corrected chi connectivity index (χ0v) is 11.6. The van der Waals surface area contributed by atoms with Crippen LogP contribution in [-0.4, -0.2) is 23.9 Å². The van der Waals surface area contributed by atoms with E-state index in [2.05, 4.69) is 4.98 Å². The molecule has 0 atom stereocenters. The maximum Gasteiger partial charge on any atom is 0.212 e. The summed E-state index contributed by atoms with van der Waals surface area (Å²) in [5, 5.41) is 2.67. The first-order chi connectivity index (χ1) is 9.24. The largest absolute Gasteiger partial charge is 0.494 e. The Labute approximate surface area is 116 Å². The normalized spacial score (nSPS) is 10.4. The van der Waals surface area contributed by atoms with E-state index >= 15 is 0 Å². The van der Waals surface area contributed by atoms with E-state index in [1.54, 1.807) is 17.5 Å². The van der Waals surface area contributed by atoms with Crippen molar-refractivity contribution in [3.8, 4) is 5.75 Å². The van der Waals surface area contributed by atoms with Crippen LogP contribution in [-0.2, 0) is 6.42 Å². The van der Waals surface area contributed by atoms with E-state index in [1.165, 1.54) is 11.3 Å². The molecule has 1 aromatic heterocycles. The van der Waals surface area contributed by atoms with E-state index in [4.69, 9.17) is 10.5 Å². The Morgan fingerprint density at radius 2 is 2.32 bits per heavy atom. The highest BCUT2D eigenvalue weighted by molar-refractivity contribution is 7.09. The summed E-state index contributed by atoms with van der Waals surface area (Å²) in [5.41, 5.74) is 6.54. The fourth-order valence-corrected chi connectivity index (χ4v) is 2.49. The van der Waals surface area contributed by atoms with Crippen molar-refractivity contribution >= 4 is 17.1 Å². The topological polar surface area (TPSA) is 65.2 Å². The quantitative estimate of drug-likeness (QED) is 0.822. The summed E-state index contributed by atoms with van der Waals surface area (Å²) in [6, 6.07) is 7.16. The second-order valence-corrected chi connectivity index (χ2v) is 4.90. The van der Waals surface area contributed by atoms with Crippen LogP contribution in [0.15, 0.2) is 29.6 Å². The molecular formula is C14H16N2O2S. The van der Waals surface area contributed by atoms with Gasteiger partial charge in [-0.15, -0.1) is 11.3 Å². The third-order valence-electron chi connectivity index (χ3n) is 2.55. The van der Waals surface area contributed by atoms with Gasteiger partial charge in [0.15, 0.2) is 0 Å². The second-order valence-electron chi connectivity index (χ2n) is 3.96. The number of ketones is 1. The Kier molecular flexibility index (Phi) is 4.65. The highest BCUT2D eigenvalue weighted by Crippen LogP contribution is 2.18. The van der Waals surface area contributed by atoms with Crippen molar-refractivity contribution in [1.82, 2.24) is 4.98 Å². The van der Waals surface area contributed by atoms with Crippen LogP contribution in [0.3, 0.4) is 0 Å². The first kappa shape index (κ1) is 13.7. The molecular weight excluding hydrogens is 260 g/mol. The third-order valence-corrected chi connectivity index (χ3v) is 3.46. The molecule has 0 aliphatic rings. The van der Waals surface area contributed by atoms with Crippen molar-refractivity contribution < 1.29 is 9.53 Å². The molecule has 0 unspecified atom stereocenters. The molecule has 4 nitrogen and oxygen atoms in total. The fourth-order valence-electron chi connectivity index (χ4n) is 1.70. The number of aromatic nitrogens is 1. The van der Waals surface area contributed by atoms with Crippen LogP contribution in [0.1, 0.15) is 28.0 Å². The van der Waals surface area contributed by atoms with Crippen molar-refractivity contribution in [3.05, 3.63) is 45.9 Å². The van der Waals surface area contributed by atoms with Gasteiger partial charge in [0.2, 0.25) is 5.78 Å². The molecule has 0 radical (unpaired) electrons. The Morgan fingerprint density at radius 1 is 1.47 bits per heavy atom. The third kappa shape index (κ3) is 3.39. The minimum atomic E-state index is -0.0823. The first-order valence-electron chi connectivity index (χ1n) is 6.16. The Balaban J connectivity index is 2.20. The van der Waals surface area contributed by atoms with Gasteiger partial charge in [-0.3, -0.25) is 4.79 Å². The van der Waals surface area contributed by atoms with Crippen molar-refractivity contribution in [1.29, 1.82) is 0 Å². The predicted octanol–water partition coefficient (Wildman–Crippen LogP) is 2.27. The standard InChI is InChI=1S/C14H16N2O2S/c1-2-18-11-5-3-4-10(8-11)14(17)12-9-19-13(16-12)6-7-15/h3-5,8-9H,2,6-7,15H2,1H3. The van der Waals surface area contributed by atoms with E-state index in [0.29, 0.717) is 36.6 Å². The molecule has 1 aromatic carbocycles. The summed E-state index contributed by atoms with van der Waals surface area (Å²) in [4.78, 5) is 16.6. The molecule has 0 bridgehead atoms. The van der Waals surface area contributed by atoms with E-state index < -0.39 is 0 Å². The minimum absolute atomic E-state index is 0.0823. The lowest BCUT2D eigenvalue weighted by Crippen LogP contribution is -2.05. The molecule has 0 amide bonds. The van der Waals surface area contributed by atoms with E-state index in [9.17, 15) is 4.79 Å². The number of hydrogen-bond donors (Lipinski definition) is 1. The molecule has 0 spiro atoms. The number of thiazole rings is 1. The van der Waals surface area contributed by atoms with Crippen LogP contribution in [0.2, 0.25) is 0 Å². The molecule has 0 aliphatic heterocycles. The number of rotatable bonds is 6. The molecule has 0 aliphatic carbocycles. The number of ether oxygens (including phenoxy) is 1. The molecule has 2 aromatic rings. The average Bonchev–Trinajstić information content (AvgIpc) is 2.88. The maximum absolute atomic E-state index is 12.3. The maximum atomic E-state index is 12.3. The molecule has 5 heteroatoms. The van der Waals surface area contributed by atoms with Gasteiger partial charge in [0, 0.05) is 17.4 Å². The zero-order valence-electron chi connectivity index (χ0n) is 10.8. The smallest absolute Gasteiger partial charge is 0.212 e. The van der Waals surface area contributed by atoms with Gasteiger partial charge in [-0.1, -0.05) is 12.1 Å². The van der Waals surface area contributed by atoms with Crippen molar-refractivity contribution in [2.24, 2.45) is 5.73 Å². The first-order valence-corrected chi connectivity index (χ1v) is 7.04. The van der Waals surface area contributed by atoms with Crippen LogP contribution < -0.4 is 10.5 Å². The van der Waals surface area contributed by atoms with Gasteiger partial charge in [0.25, 0.3) is 0 Å². The predicted molar refractivity (Wildman–Crippen MR) is 75.9 cm³/mol. The van der Waals surface area contributed by atoms with Crippen LogP contribution in [0, 0.1) is 0 Å². The number of hydrogen-bond acceptors (Lipinski definition) is 5. The number of benzene rings is 1. The summed E-state index contributed by atoms with van der Waals surface area (Å²) >= 11 is 1.47. The van der Waals surface area contributed by atoms with Crippen molar-refractivity contribution in [2.75, 3.05) is 13.2 Å². The van der Waals surface area contributed by atoms with Crippen LogP contribution in [0.4, 0.5) is 0 Å². The molecule has 100 valence electrons. The summed E-state index contributed by atoms with van der Waals surface area (Å²) < 4.78 is 5.39. The number of carbonyl (C=O) groups excluding carboxylic acids is 1. The van der Waals surface area contributed by atoms with Crippen molar-refractivity contribution in [3.63, 3.8) is 0 Å². The summed E-state index contributed by atoms with van der Waals surface area (Å²) in [6.07, 6.45) is 0.705. The molecule has 0 fully saturated rings. The van der Waals surface area contributed by atoms with Crippen LogP contribution in [0.25, 0.3) is 0 Å². The summed E-state index contributed by atoms with van der Waals surface area (Å²) in [6.45, 7) is 3.03. The number of carbonyl (C=O) groups is 1. The van der Waals surface area contributed by atoms with Gasteiger partial charge < -0.3 is 10.5 Å². The van der Waals surface area contributed by atoms with Gasteiger partial charge in [-0.2, -0.15) is 0 Å². The van der Waals surface area contributed by atoms with Gasteiger partial charge in [-0.05, 0) is 25.6 Å². The Bertz CT molecular complexity index is 566. The summed E-state index contributed by atoms with van der Waals surface area (Å²) in [7, 11) is 0. The molecule has 0 saturated carbocycles. The lowest BCUT2D eigenvalue weighted by Gasteiger charge is -2.04. The van der Waals surface area contributed by atoms with E-state index in [0.717, 1.165) is 5.01 Å². The molecule has 1 heterocycles. The molecule has 19 heavy (non-hydrogen) atoms. The van der Waals surface area contributed by atoms with Gasteiger partial charge >= 0.3 is 0 Å². The Morgan fingerprint density at radius 3 is 3.05 bits per heavy atom. The van der Waals surface area contributed by atoms with Crippen LogP contribution >= 0.6 is 11.3 Å². The fraction of sp³-hybridized carbons (Fsp3) is 0.286. The van der Waals surface area contributed by atoms with E-state index in [1.807, 2.05) is 19.1 Å². The lowest BCUT2D eigenvalue weighted by atomic mass is 10.1. The highest BCUT2D eigenvalue weighted by atomic mass is 32.1. The Hall–Kier alpha value is -1.72. The average molecular weight is 276 g/mol. The number of nitrogens with two attached hydrogens (primary N) is 1. The van der Waals surface area contributed by atoms with E-state index in [-0.39, 0.29) is 5.78 Å². The SMILES string of the molecule is CCOc1cccc(C(=O)c2csc(CCN)n2)c1. The molecule has 0 saturated heterocycles. The lowest BCUT2D eigenvalue weighted by molar-refractivity contribution is 0.103. The van der Waals surface area contributed by atoms with Gasteiger partial charge in [0.05, 0.1) is 11.6 Å². The highest BCUT2D eigenvalue weighted by Gasteiger charge is 2.13. The van der Waals surface area contributed by atoms with Gasteiger partial charge in [-0.25, -0.2) is 4.98 Å². The minimum Gasteiger partial charge on any atom is -0.494 e. The summed E-state index contributed by atoms with van der Waals surface area (Å²) in [5.74, 6) is 0.617.